The molecule has 0 unspecified atom stereocenters. The average molecular weight is 277 g/mol. The third-order valence-electron chi connectivity index (χ3n) is 3.59. The number of aryl methyl sites for hydroxylation is 2. The van der Waals surface area contributed by atoms with Crippen LogP contribution in [0.4, 0.5) is 0 Å². The molecule has 2 rings (SSSR count). The Morgan fingerprint density at radius 2 is 1.95 bits per heavy atom. The molecule has 0 N–H and O–H groups in total. The first kappa shape index (κ1) is 15.0. The molecule has 4 nitrogen and oxygen atoms in total. The van der Waals surface area contributed by atoms with Gasteiger partial charge in [0.15, 0.2) is 5.78 Å². The Labute approximate surface area is 120 Å². The fourth-order valence-electron chi connectivity index (χ4n) is 2.45. The first-order valence-electron chi connectivity index (χ1n) is 7.19. The highest BCUT2D eigenvalue weighted by molar-refractivity contribution is 5.99. The van der Waals surface area contributed by atoms with E-state index in [4.69, 9.17) is 9.47 Å². The number of ketones is 1. The minimum absolute atomic E-state index is 0.176. The van der Waals surface area contributed by atoms with Gasteiger partial charge in [0.25, 0.3) is 0 Å². The van der Waals surface area contributed by atoms with E-state index in [1.54, 1.807) is 0 Å². The van der Waals surface area contributed by atoms with E-state index in [0.29, 0.717) is 26.4 Å². The van der Waals surface area contributed by atoms with Crippen LogP contribution in [0.2, 0.25) is 0 Å². The number of benzene rings is 1. The molecule has 0 atom stereocenters. The molecule has 1 aromatic rings. The summed E-state index contributed by atoms with van der Waals surface area (Å²) in [6, 6.07) is 3.91. The summed E-state index contributed by atoms with van der Waals surface area (Å²) in [5.41, 5.74) is 2.80. The van der Waals surface area contributed by atoms with Crippen molar-refractivity contribution >= 4 is 5.78 Å². The van der Waals surface area contributed by atoms with Gasteiger partial charge in [-0.3, -0.25) is 9.69 Å². The van der Waals surface area contributed by atoms with Crippen LogP contribution in [0.25, 0.3) is 0 Å². The van der Waals surface area contributed by atoms with Gasteiger partial charge in [-0.1, -0.05) is 0 Å². The molecular formula is C16H23NO3. The van der Waals surface area contributed by atoms with Crippen molar-refractivity contribution in [2.75, 3.05) is 39.5 Å². The van der Waals surface area contributed by atoms with Gasteiger partial charge in [-0.25, -0.2) is 0 Å². The van der Waals surface area contributed by atoms with E-state index in [-0.39, 0.29) is 5.78 Å². The number of hydrogen-bond donors (Lipinski definition) is 0. The third kappa shape index (κ3) is 3.58. The van der Waals surface area contributed by atoms with Crippen LogP contribution >= 0.6 is 0 Å². The van der Waals surface area contributed by atoms with Crippen LogP contribution in [0.3, 0.4) is 0 Å². The Morgan fingerprint density at radius 1 is 1.25 bits per heavy atom. The SMILES string of the molecule is CCOc1cc(C)c(C(=O)CN2CCOCC2)cc1C. The molecule has 4 heteroatoms. The molecule has 0 aromatic heterocycles. The van der Waals surface area contributed by atoms with Crippen LogP contribution in [-0.2, 0) is 4.74 Å². The minimum atomic E-state index is 0.176. The zero-order valence-corrected chi connectivity index (χ0v) is 12.6. The first-order valence-corrected chi connectivity index (χ1v) is 7.19. The summed E-state index contributed by atoms with van der Waals surface area (Å²) < 4.78 is 10.9. The second-order valence-corrected chi connectivity index (χ2v) is 5.18. The van der Waals surface area contributed by atoms with Gasteiger partial charge in [-0.15, -0.1) is 0 Å². The lowest BCUT2D eigenvalue weighted by Crippen LogP contribution is -2.39. The fraction of sp³-hybridized carbons (Fsp3) is 0.562. The van der Waals surface area contributed by atoms with Crippen molar-refractivity contribution in [2.24, 2.45) is 0 Å². The molecule has 0 amide bonds. The van der Waals surface area contributed by atoms with Crippen LogP contribution in [-0.4, -0.2) is 50.1 Å². The molecule has 0 saturated carbocycles. The summed E-state index contributed by atoms with van der Waals surface area (Å²) in [6.45, 7) is 10.1. The summed E-state index contributed by atoms with van der Waals surface area (Å²) in [4.78, 5) is 14.6. The maximum absolute atomic E-state index is 12.4. The summed E-state index contributed by atoms with van der Waals surface area (Å²) in [5.74, 6) is 1.04. The van der Waals surface area contributed by atoms with Gasteiger partial charge in [-0.05, 0) is 44.0 Å². The predicted molar refractivity (Wildman–Crippen MR) is 78.7 cm³/mol. The Hall–Kier alpha value is -1.39. The number of hydrogen-bond acceptors (Lipinski definition) is 4. The zero-order valence-electron chi connectivity index (χ0n) is 12.6. The van der Waals surface area contributed by atoms with Gasteiger partial charge in [0, 0.05) is 18.7 Å². The van der Waals surface area contributed by atoms with Gasteiger partial charge in [-0.2, -0.15) is 0 Å². The Bertz CT molecular complexity index is 479. The lowest BCUT2D eigenvalue weighted by atomic mass is 10.0. The number of morpholine rings is 1. The van der Waals surface area contributed by atoms with E-state index in [1.807, 2.05) is 32.9 Å². The Kier molecular flexibility index (Phi) is 5.15. The predicted octanol–water partition coefficient (Wildman–Crippen LogP) is 2.22. The van der Waals surface area contributed by atoms with Crippen molar-refractivity contribution in [3.63, 3.8) is 0 Å². The second kappa shape index (κ2) is 6.86. The maximum atomic E-state index is 12.4. The molecule has 1 aliphatic rings. The lowest BCUT2D eigenvalue weighted by molar-refractivity contribution is 0.0371. The van der Waals surface area contributed by atoms with Gasteiger partial charge in [0.2, 0.25) is 0 Å². The lowest BCUT2D eigenvalue weighted by Gasteiger charge is -2.26. The van der Waals surface area contributed by atoms with Crippen molar-refractivity contribution in [3.8, 4) is 5.75 Å². The molecule has 20 heavy (non-hydrogen) atoms. The highest BCUT2D eigenvalue weighted by atomic mass is 16.5. The molecular weight excluding hydrogens is 254 g/mol. The van der Waals surface area contributed by atoms with Crippen LogP contribution in [0, 0.1) is 13.8 Å². The second-order valence-electron chi connectivity index (χ2n) is 5.18. The molecule has 0 radical (unpaired) electrons. The van der Waals surface area contributed by atoms with Crippen molar-refractivity contribution in [1.29, 1.82) is 0 Å². The monoisotopic (exact) mass is 277 g/mol. The van der Waals surface area contributed by atoms with Crippen LogP contribution in [0.1, 0.15) is 28.4 Å². The van der Waals surface area contributed by atoms with Crippen molar-refractivity contribution < 1.29 is 14.3 Å². The molecule has 0 aliphatic carbocycles. The van der Waals surface area contributed by atoms with Crippen molar-refractivity contribution in [1.82, 2.24) is 4.90 Å². The molecule has 0 spiro atoms. The number of Topliss-reactive ketones (excluding diaryl/α,β-unsaturated/α-hetero) is 1. The zero-order chi connectivity index (χ0) is 14.5. The molecule has 1 fully saturated rings. The number of carbonyl (C=O) groups excluding carboxylic acids is 1. The van der Waals surface area contributed by atoms with E-state index >= 15 is 0 Å². The largest absolute Gasteiger partial charge is 0.494 e. The van der Waals surface area contributed by atoms with Crippen molar-refractivity contribution in [3.05, 3.63) is 28.8 Å². The number of ether oxygens (including phenoxy) is 2. The Balaban J connectivity index is 2.10. The summed E-state index contributed by atoms with van der Waals surface area (Å²) in [5, 5.41) is 0. The van der Waals surface area contributed by atoms with Gasteiger partial charge < -0.3 is 9.47 Å². The normalized spacial score (nSPS) is 16.1. The van der Waals surface area contributed by atoms with Gasteiger partial charge in [0.1, 0.15) is 5.75 Å². The highest BCUT2D eigenvalue weighted by Crippen LogP contribution is 2.23. The van der Waals surface area contributed by atoms with E-state index in [0.717, 1.165) is 35.5 Å². The van der Waals surface area contributed by atoms with Gasteiger partial charge >= 0.3 is 0 Å². The van der Waals surface area contributed by atoms with E-state index in [2.05, 4.69) is 4.90 Å². The standard InChI is InChI=1S/C16H23NO3/c1-4-20-16-10-12(2)14(9-13(16)3)15(18)11-17-5-7-19-8-6-17/h9-10H,4-8,11H2,1-3H3. The molecule has 1 aromatic carbocycles. The summed E-state index contributed by atoms with van der Waals surface area (Å²) in [7, 11) is 0. The van der Waals surface area contributed by atoms with Crippen LogP contribution in [0.15, 0.2) is 12.1 Å². The third-order valence-corrected chi connectivity index (χ3v) is 3.59. The van der Waals surface area contributed by atoms with Crippen molar-refractivity contribution in [2.45, 2.75) is 20.8 Å². The minimum Gasteiger partial charge on any atom is -0.494 e. The summed E-state index contributed by atoms with van der Waals surface area (Å²) in [6.07, 6.45) is 0. The first-order chi connectivity index (χ1) is 9.61. The van der Waals surface area contributed by atoms with Gasteiger partial charge in [0.05, 0.1) is 26.4 Å². The molecule has 110 valence electrons. The molecule has 1 heterocycles. The highest BCUT2D eigenvalue weighted by Gasteiger charge is 2.17. The van der Waals surface area contributed by atoms with E-state index < -0.39 is 0 Å². The summed E-state index contributed by atoms with van der Waals surface area (Å²) >= 11 is 0. The van der Waals surface area contributed by atoms with Crippen LogP contribution in [0.5, 0.6) is 5.75 Å². The maximum Gasteiger partial charge on any atom is 0.177 e. The quantitative estimate of drug-likeness (QED) is 0.774. The Morgan fingerprint density at radius 3 is 2.60 bits per heavy atom. The van der Waals surface area contributed by atoms with E-state index in [1.165, 1.54) is 0 Å². The smallest absolute Gasteiger partial charge is 0.177 e. The fourth-order valence-corrected chi connectivity index (χ4v) is 2.45. The topological polar surface area (TPSA) is 38.8 Å². The van der Waals surface area contributed by atoms with E-state index in [9.17, 15) is 4.79 Å². The molecule has 1 saturated heterocycles. The molecule has 1 aliphatic heterocycles. The average Bonchev–Trinajstić information content (AvgIpc) is 2.43. The number of carbonyl (C=O) groups is 1. The van der Waals surface area contributed by atoms with Crippen LogP contribution < -0.4 is 4.74 Å². The number of nitrogens with zero attached hydrogens (tertiary/aromatic N) is 1. The molecule has 0 bridgehead atoms. The number of rotatable bonds is 5.